The van der Waals surface area contributed by atoms with Gasteiger partial charge in [-0.2, -0.15) is 13.2 Å². The first kappa shape index (κ1) is 24.0. The molecule has 0 spiro atoms. The average Bonchev–Trinajstić information content (AvgIpc) is 2.65. The molecule has 1 amide bonds. The van der Waals surface area contributed by atoms with E-state index in [1.165, 1.54) is 18.2 Å². The molecule has 0 heterocycles. The van der Waals surface area contributed by atoms with Gasteiger partial charge >= 0.3 is 6.18 Å². The summed E-state index contributed by atoms with van der Waals surface area (Å²) in [6.45, 7) is 3.23. The summed E-state index contributed by atoms with van der Waals surface area (Å²) in [6, 6.07) is 8.13. The molecule has 0 aliphatic carbocycles. The second kappa shape index (κ2) is 9.26. The van der Waals surface area contributed by atoms with Gasteiger partial charge in [0, 0.05) is 11.6 Å². The quantitative estimate of drug-likeness (QED) is 0.657. The Balaban J connectivity index is 2.27. The number of halogens is 4. The highest BCUT2D eigenvalue weighted by Gasteiger charge is 2.32. The first-order valence-corrected chi connectivity index (χ1v) is 11.3. The number of anilines is 1. The first-order valence-electron chi connectivity index (χ1n) is 9.04. The summed E-state index contributed by atoms with van der Waals surface area (Å²) in [4.78, 5) is 12.8. The second-order valence-electron chi connectivity index (χ2n) is 6.83. The van der Waals surface area contributed by atoms with Gasteiger partial charge in [-0.15, -0.1) is 0 Å². The maximum atomic E-state index is 12.9. The summed E-state index contributed by atoms with van der Waals surface area (Å²) in [5, 5.41) is 2.88. The summed E-state index contributed by atoms with van der Waals surface area (Å²) in [6.07, 6.45) is -3.37. The van der Waals surface area contributed by atoms with Gasteiger partial charge in [-0.05, 0) is 48.7 Å². The zero-order chi connectivity index (χ0) is 22.7. The third kappa shape index (κ3) is 5.89. The van der Waals surface area contributed by atoms with E-state index in [4.69, 9.17) is 11.6 Å². The van der Waals surface area contributed by atoms with Crippen LogP contribution in [0.1, 0.15) is 30.0 Å². The molecular formula is C20H22ClF3N2O3S. The lowest BCUT2D eigenvalue weighted by molar-refractivity contribution is -0.137. The van der Waals surface area contributed by atoms with Crippen molar-refractivity contribution >= 4 is 33.2 Å². The van der Waals surface area contributed by atoms with E-state index in [1.54, 1.807) is 26.0 Å². The zero-order valence-corrected chi connectivity index (χ0v) is 18.2. The Bertz CT molecular complexity index is 1030. The number of carbonyl (C=O) groups excluding carboxylic acids is 1. The number of rotatable bonds is 7. The molecule has 0 aliphatic rings. The van der Waals surface area contributed by atoms with Crippen molar-refractivity contribution in [1.29, 1.82) is 0 Å². The molecular weight excluding hydrogens is 441 g/mol. The molecule has 164 valence electrons. The summed E-state index contributed by atoms with van der Waals surface area (Å²) in [7, 11) is -3.85. The van der Waals surface area contributed by atoms with E-state index in [0.717, 1.165) is 28.3 Å². The molecule has 30 heavy (non-hydrogen) atoms. The fourth-order valence-electron chi connectivity index (χ4n) is 2.94. The lowest BCUT2D eigenvalue weighted by atomic mass is 10.1. The highest BCUT2D eigenvalue weighted by molar-refractivity contribution is 7.92. The van der Waals surface area contributed by atoms with Gasteiger partial charge < -0.3 is 5.32 Å². The molecule has 5 nitrogen and oxygen atoms in total. The van der Waals surface area contributed by atoms with Crippen LogP contribution in [0.15, 0.2) is 42.5 Å². The van der Waals surface area contributed by atoms with Gasteiger partial charge in [0.05, 0.1) is 17.5 Å². The minimum atomic E-state index is -4.50. The van der Waals surface area contributed by atoms with Crippen molar-refractivity contribution in [3.05, 3.63) is 64.2 Å². The van der Waals surface area contributed by atoms with Gasteiger partial charge in [-0.1, -0.05) is 36.7 Å². The number of nitrogens with zero attached hydrogens (tertiary/aromatic N) is 1. The molecule has 2 rings (SSSR count). The molecule has 0 saturated heterocycles. The minimum absolute atomic E-state index is 0.146. The van der Waals surface area contributed by atoms with Gasteiger partial charge in [-0.3, -0.25) is 9.10 Å². The standard InChI is InChI=1S/C20H22ClF3N2O3S/c1-4-18(26(30(3,28)29)16-9-8-13(2)17(21)11-16)19(27)25-12-14-6-5-7-15(10-14)20(22,23)24/h5-11,18H,4,12H2,1-3H3,(H,25,27). The highest BCUT2D eigenvalue weighted by atomic mass is 35.5. The SMILES string of the molecule is CCC(C(=O)NCc1cccc(C(F)(F)F)c1)N(c1ccc(C)c(Cl)c1)S(C)(=O)=O. The van der Waals surface area contributed by atoms with Crippen molar-refractivity contribution < 1.29 is 26.4 Å². The Hall–Kier alpha value is -2.26. The summed E-state index contributed by atoms with van der Waals surface area (Å²) in [5.74, 6) is -0.628. The van der Waals surface area contributed by atoms with E-state index in [2.05, 4.69) is 5.32 Å². The van der Waals surface area contributed by atoms with E-state index >= 15 is 0 Å². The van der Waals surface area contributed by atoms with E-state index in [-0.39, 0.29) is 24.2 Å². The number of hydrogen-bond donors (Lipinski definition) is 1. The number of alkyl halides is 3. The van der Waals surface area contributed by atoms with Crippen molar-refractivity contribution in [1.82, 2.24) is 5.32 Å². The van der Waals surface area contributed by atoms with Crippen LogP contribution < -0.4 is 9.62 Å². The van der Waals surface area contributed by atoms with Crippen LogP contribution in [-0.4, -0.2) is 26.6 Å². The maximum absolute atomic E-state index is 12.9. The van der Waals surface area contributed by atoms with Crippen LogP contribution in [0, 0.1) is 6.92 Å². The molecule has 1 N–H and O–H groups in total. The van der Waals surface area contributed by atoms with E-state index in [0.29, 0.717) is 5.02 Å². The molecule has 0 radical (unpaired) electrons. The van der Waals surface area contributed by atoms with Crippen molar-refractivity contribution in [2.75, 3.05) is 10.6 Å². The molecule has 2 aromatic carbocycles. The average molecular weight is 463 g/mol. The van der Waals surface area contributed by atoms with Crippen molar-refractivity contribution in [2.45, 2.75) is 39.0 Å². The maximum Gasteiger partial charge on any atom is 0.416 e. The molecule has 1 atom stereocenters. The Morgan fingerprint density at radius 1 is 1.20 bits per heavy atom. The number of hydrogen-bond acceptors (Lipinski definition) is 3. The topological polar surface area (TPSA) is 66.5 Å². The van der Waals surface area contributed by atoms with Crippen molar-refractivity contribution in [3.8, 4) is 0 Å². The van der Waals surface area contributed by atoms with Gasteiger partial charge in [0.1, 0.15) is 6.04 Å². The normalized spacial score (nSPS) is 13.0. The number of carbonyl (C=O) groups is 1. The third-order valence-corrected chi connectivity index (χ3v) is 6.05. The predicted octanol–water partition coefficient (Wildman–Crippen LogP) is 4.53. The minimum Gasteiger partial charge on any atom is -0.350 e. The second-order valence-corrected chi connectivity index (χ2v) is 9.10. The van der Waals surface area contributed by atoms with E-state index in [1.807, 2.05) is 0 Å². The highest BCUT2D eigenvalue weighted by Crippen LogP contribution is 2.30. The van der Waals surface area contributed by atoms with Crippen LogP contribution in [0.3, 0.4) is 0 Å². The summed E-state index contributed by atoms with van der Waals surface area (Å²) < 4.78 is 64.4. The van der Waals surface area contributed by atoms with Gasteiger partial charge in [0.25, 0.3) is 0 Å². The van der Waals surface area contributed by atoms with Crippen LogP contribution >= 0.6 is 11.6 Å². The Kier molecular flexibility index (Phi) is 7.41. The van der Waals surface area contributed by atoms with Crippen LogP contribution in [0.2, 0.25) is 5.02 Å². The van der Waals surface area contributed by atoms with Gasteiger partial charge in [0.2, 0.25) is 15.9 Å². The van der Waals surface area contributed by atoms with Crippen molar-refractivity contribution in [3.63, 3.8) is 0 Å². The molecule has 0 saturated carbocycles. The first-order chi connectivity index (χ1) is 13.8. The Labute approximate surface area is 178 Å². The molecule has 10 heteroatoms. The monoisotopic (exact) mass is 462 g/mol. The molecule has 1 unspecified atom stereocenters. The summed E-state index contributed by atoms with van der Waals surface area (Å²) >= 11 is 6.11. The van der Waals surface area contributed by atoms with Gasteiger partial charge in [-0.25, -0.2) is 8.42 Å². The molecule has 0 aliphatic heterocycles. The smallest absolute Gasteiger partial charge is 0.350 e. The van der Waals surface area contributed by atoms with E-state index in [9.17, 15) is 26.4 Å². The van der Waals surface area contributed by atoms with Crippen LogP contribution in [0.25, 0.3) is 0 Å². The Morgan fingerprint density at radius 3 is 2.40 bits per heavy atom. The summed E-state index contributed by atoms with van der Waals surface area (Å²) in [5.41, 5.74) is 0.399. The molecule has 0 fully saturated rings. The molecule has 2 aromatic rings. The number of aryl methyl sites for hydroxylation is 1. The Morgan fingerprint density at radius 2 is 1.87 bits per heavy atom. The fourth-order valence-corrected chi connectivity index (χ4v) is 4.32. The predicted molar refractivity (Wildman–Crippen MR) is 111 cm³/mol. The zero-order valence-electron chi connectivity index (χ0n) is 16.6. The lowest BCUT2D eigenvalue weighted by Crippen LogP contribution is -2.49. The van der Waals surface area contributed by atoms with Gasteiger partial charge in [0.15, 0.2) is 0 Å². The molecule has 0 bridgehead atoms. The molecule has 0 aromatic heterocycles. The lowest BCUT2D eigenvalue weighted by Gasteiger charge is -2.30. The number of amides is 1. The van der Waals surface area contributed by atoms with Crippen LogP contribution in [0.4, 0.5) is 18.9 Å². The van der Waals surface area contributed by atoms with Crippen molar-refractivity contribution in [2.24, 2.45) is 0 Å². The number of nitrogens with one attached hydrogen (secondary N) is 1. The number of benzene rings is 2. The largest absolute Gasteiger partial charge is 0.416 e. The van der Waals surface area contributed by atoms with Crippen LogP contribution in [0.5, 0.6) is 0 Å². The number of sulfonamides is 1. The van der Waals surface area contributed by atoms with Crippen LogP contribution in [-0.2, 0) is 27.5 Å². The third-order valence-electron chi connectivity index (χ3n) is 4.46. The van der Waals surface area contributed by atoms with E-state index < -0.39 is 33.7 Å². The fraction of sp³-hybridized carbons (Fsp3) is 0.350.